The lowest BCUT2D eigenvalue weighted by Gasteiger charge is -2.54. The van der Waals surface area contributed by atoms with Crippen molar-refractivity contribution >= 4 is 22.9 Å². The molecule has 0 spiro atoms. The fourth-order valence-electron chi connectivity index (χ4n) is 8.05. The highest BCUT2D eigenvalue weighted by atomic mass is 19.3. The van der Waals surface area contributed by atoms with Crippen LogP contribution >= 0.6 is 0 Å². The molecule has 1 saturated heterocycles. The van der Waals surface area contributed by atoms with Gasteiger partial charge in [0.2, 0.25) is 12.4 Å². The van der Waals surface area contributed by atoms with Gasteiger partial charge in [0.25, 0.3) is 0 Å². The van der Waals surface area contributed by atoms with Gasteiger partial charge in [-0.25, -0.2) is 9.59 Å². The summed E-state index contributed by atoms with van der Waals surface area (Å²) in [6.07, 6.45) is -5.91. The maximum atomic E-state index is 16.0. The van der Waals surface area contributed by atoms with Crippen LogP contribution in [0.15, 0.2) is 63.9 Å². The van der Waals surface area contributed by atoms with E-state index in [0.717, 1.165) is 11.6 Å². The van der Waals surface area contributed by atoms with E-state index in [1.54, 1.807) is 44.6 Å². The molecule has 3 atom stereocenters. The number of alkyl halides is 2. The topological polar surface area (TPSA) is 144 Å². The smallest absolute Gasteiger partial charge is 0.413 e. The molecule has 1 aliphatic heterocycles. The number of anilines is 1. The fourth-order valence-corrected chi connectivity index (χ4v) is 8.05. The number of hydrogen-bond donors (Lipinski definition) is 2. The van der Waals surface area contributed by atoms with E-state index in [9.17, 15) is 14.7 Å². The average molecular weight is 788 g/mol. The molecule has 0 bridgehead atoms. The first-order chi connectivity index (χ1) is 26.8. The Kier molecular flexibility index (Phi) is 13.3. The number of benzene rings is 2. The molecule has 5 rings (SSSR count). The predicted octanol–water partition coefficient (Wildman–Crippen LogP) is 6.31. The Morgan fingerprint density at radius 2 is 1.54 bits per heavy atom. The standard InChI is InChI=1S/C40H54F2N5O9/c1-9-46(10-2,11-3)36(47(12-4,13-5)14-6)34-35(48)40(41,42)37(56-34)45-20-19-32(43-38(45)49)44-39(50)54-24-26-15-17-28(18-16-26)53-25-30-22-27-21-29(51-7)23-31(52-8)33(27)55-30/h15-23,34-37,48H,9-14,24-25H2,1-8H3/q+1/p+1/t34-,35+,37+/m0/s1. The van der Waals surface area contributed by atoms with Gasteiger partial charge in [0.1, 0.15) is 36.3 Å². The van der Waals surface area contributed by atoms with Crippen molar-refractivity contribution < 1.29 is 55.7 Å². The zero-order chi connectivity index (χ0) is 40.8. The van der Waals surface area contributed by atoms with E-state index < -0.39 is 42.3 Å². The van der Waals surface area contributed by atoms with Crippen molar-refractivity contribution in [3.8, 4) is 17.2 Å². The van der Waals surface area contributed by atoms with Crippen molar-refractivity contribution in [2.24, 2.45) is 0 Å². The molecule has 0 aliphatic carbocycles. The number of quaternary nitrogens is 2. The number of aromatic nitrogens is 2. The molecule has 4 aromatic rings. The molecule has 306 valence electrons. The second-order valence-corrected chi connectivity index (χ2v) is 13.9. The van der Waals surface area contributed by atoms with Crippen LogP contribution in [0.3, 0.4) is 0 Å². The number of furan rings is 1. The number of fused-ring (bicyclic) bond motifs is 1. The van der Waals surface area contributed by atoms with Crippen LogP contribution in [0.2, 0.25) is 0 Å². The highest BCUT2D eigenvalue weighted by molar-refractivity contribution is 5.85. The Hall–Kier alpha value is -4.77. The molecule has 1 amide bonds. The number of aliphatic hydroxyl groups is 1. The number of rotatable bonds is 18. The van der Waals surface area contributed by atoms with E-state index in [0.29, 0.717) is 87.0 Å². The molecule has 16 heteroatoms. The second kappa shape index (κ2) is 17.6. The summed E-state index contributed by atoms with van der Waals surface area (Å²) in [5.74, 6) is -1.69. The molecular weight excluding hydrogens is 732 g/mol. The van der Waals surface area contributed by atoms with E-state index in [4.69, 9.17) is 28.1 Å². The summed E-state index contributed by atoms with van der Waals surface area (Å²) in [6.45, 7) is 16.1. The minimum Gasteiger partial charge on any atom is -0.497 e. The van der Waals surface area contributed by atoms with Gasteiger partial charge in [-0.3, -0.25) is 18.8 Å². The number of amides is 1. The van der Waals surface area contributed by atoms with Gasteiger partial charge in [0.05, 0.1) is 53.5 Å². The third kappa shape index (κ3) is 8.19. The van der Waals surface area contributed by atoms with E-state index in [1.165, 1.54) is 6.07 Å². The van der Waals surface area contributed by atoms with Crippen molar-refractivity contribution in [3.63, 3.8) is 0 Å². The summed E-state index contributed by atoms with van der Waals surface area (Å²) in [5.41, 5.74) is 0.147. The van der Waals surface area contributed by atoms with Crippen LogP contribution in [0, 0.1) is 0 Å². The van der Waals surface area contributed by atoms with Crippen LogP contribution in [0.4, 0.5) is 19.4 Å². The first kappa shape index (κ1) is 42.4. The van der Waals surface area contributed by atoms with Crippen LogP contribution in [-0.2, 0) is 22.7 Å². The zero-order valence-corrected chi connectivity index (χ0v) is 33.4. The van der Waals surface area contributed by atoms with Crippen LogP contribution in [0.5, 0.6) is 17.2 Å². The van der Waals surface area contributed by atoms with E-state index in [-0.39, 0.29) is 19.0 Å². The number of nitrogens with zero attached hydrogens (tertiary/aromatic N) is 4. The summed E-state index contributed by atoms with van der Waals surface area (Å²) in [5, 5.41) is 14.4. The quantitative estimate of drug-likeness (QED) is 0.0871. The number of halogens is 2. The van der Waals surface area contributed by atoms with Gasteiger partial charge >= 0.3 is 17.7 Å². The van der Waals surface area contributed by atoms with Crippen LogP contribution in [-0.4, -0.2) is 108 Å². The van der Waals surface area contributed by atoms with Crippen molar-refractivity contribution in [2.45, 2.75) is 85.3 Å². The molecule has 2 aromatic heterocycles. The fraction of sp³-hybridized carbons (Fsp3) is 0.525. The molecule has 0 radical (unpaired) electrons. The largest absolute Gasteiger partial charge is 0.497 e. The Bertz CT molecular complexity index is 1960. The van der Waals surface area contributed by atoms with Gasteiger partial charge < -0.3 is 33.2 Å². The monoisotopic (exact) mass is 787 g/mol. The minimum absolute atomic E-state index is 0.114. The third-order valence-corrected chi connectivity index (χ3v) is 11.6. The van der Waals surface area contributed by atoms with Crippen molar-refractivity contribution in [2.75, 3.05) is 58.8 Å². The van der Waals surface area contributed by atoms with Gasteiger partial charge in [0.15, 0.2) is 23.5 Å². The van der Waals surface area contributed by atoms with Gasteiger partial charge in [-0.15, -0.1) is 0 Å². The number of methoxy groups -OCH3 is 2. The number of carbonyl (C=O) groups excluding carboxylic acids is 1. The molecule has 56 heavy (non-hydrogen) atoms. The molecular formula is C40H55F2N5O9+2. The molecule has 1 fully saturated rings. The summed E-state index contributed by atoms with van der Waals surface area (Å²) >= 11 is 0. The Labute approximate surface area is 325 Å². The minimum atomic E-state index is -3.81. The van der Waals surface area contributed by atoms with Gasteiger partial charge in [-0.1, -0.05) is 12.1 Å². The highest BCUT2D eigenvalue weighted by Crippen LogP contribution is 2.46. The van der Waals surface area contributed by atoms with E-state index >= 15 is 8.78 Å². The third-order valence-electron chi connectivity index (χ3n) is 11.6. The Morgan fingerprint density at radius 1 is 0.911 bits per heavy atom. The molecule has 1 aliphatic rings. The molecule has 0 saturated carbocycles. The summed E-state index contributed by atoms with van der Waals surface area (Å²) in [4.78, 5) is 29.6. The SMILES string of the molecule is CC[N+](CC)(CC)C([C@H]1O[C@@H](n2ccc(NC(=O)OCc3ccc(OCc4cc5cc(OC)cc(OC)c5o4)cc3)nc2=O)C(F)(F)[C@@H]1O)[N+](CC)(CC)CC. The Balaban J connectivity index is 1.21. The lowest BCUT2D eigenvalue weighted by molar-refractivity contribution is -1.13. The van der Waals surface area contributed by atoms with E-state index in [2.05, 4.69) is 10.3 Å². The molecule has 2 aromatic carbocycles. The first-order valence-electron chi connectivity index (χ1n) is 19.1. The van der Waals surface area contributed by atoms with Crippen LogP contribution in [0.1, 0.15) is 59.1 Å². The van der Waals surface area contributed by atoms with Gasteiger partial charge in [-0.05, 0) is 77.4 Å². The number of nitrogens with one attached hydrogen (secondary N) is 1. The predicted molar refractivity (Wildman–Crippen MR) is 205 cm³/mol. The lowest BCUT2D eigenvalue weighted by Crippen LogP contribution is -2.75. The Morgan fingerprint density at radius 3 is 2.09 bits per heavy atom. The number of ether oxygens (including phenoxy) is 5. The number of hydrogen-bond acceptors (Lipinski definition) is 10. The zero-order valence-electron chi connectivity index (χ0n) is 33.4. The highest BCUT2D eigenvalue weighted by Gasteiger charge is 2.68. The summed E-state index contributed by atoms with van der Waals surface area (Å²) < 4.78 is 67.5. The number of aliphatic hydroxyl groups excluding tert-OH is 1. The van der Waals surface area contributed by atoms with Crippen LogP contribution in [0.25, 0.3) is 11.0 Å². The second-order valence-electron chi connectivity index (χ2n) is 13.9. The summed E-state index contributed by atoms with van der Waals surface area (Å²) in [7, 11) is 3.13. The maximum absolute atomic E-state index is 16.0. The maximum Gasteiger partial charge on any atom is 0.413 e. The summed E-state index contributed by atoms with van der Waals surface area (Å²) in [6, 6.07) is 13.5. The number of likely N-dealkylation sites (N-methyl/N-ethyl adjacent to an activating group) is 2. The molecule has 3 heterocycles. The lowest BCUT2D eigenvalue weighted by atomic mass is 10.00. The first-order valence-corrected chi connectivity index (χ1v) is 19.1. The van der Waals surface area contributed by atoms with E-state index in [1.807, 2.05) is 53.7 Å². The van der Waals surface area contributed by atoms with Crippen LogP contribution < -0.4 is 25.2 Å². The molecule has 14 nitrogen and oxygen atoms in total. The number of carbonyl (C=O) groups is 1. The van der Waals surface area contributed by atoms with Gasteiger partial charge in [0, 0.05) is 17.6 Å². The van der Waals surface area contributed by atoms with Gasteiger partial charge in [-0.2, -0.15) is 13.8 Å². The van der Waals surface area contributed by atoms with Crippen molar-refractivity contribution in [1.82, 2.24) is 9.55 Å². The average Bonchev–Trinajstić information content (AvgIpc) is 3.73. The van der Waals surface area contributed by atoms with Crippen molar-refractivity contribution in [1.29, 1.82) is 0 Å². The normalized spacial score (nSPS) is 18.3. The van der Waals surface area contributed by atoms with Crippen molar-refractivity contribution in [3.05, 3.63) is 76.5 Å². The molecule has 2 N–H and O–H groups in total. The molecule has 0 unspecified atom stereocenters.